The van der Waals surface area contributed by atoms with E-state index in [9.17, 15) is 4.79 Å². The van der Waals surface area contributed by atoms with E-state index in [1.807, 2.05) is 0 Å². The second-order valence-corrected chi connectivity index (χ2v) is 4.32. The summed E-state index contributed by atoms with van der Waals surface area (Å²) in [5.41, 5.74) is 6.76. The van der Waals surface area contributed by atoms with Crippen molar-refractivity contribution in [1.82, 2.24) is 4.98 Å². The molecule has 2 aromatic rings. The van der Waals surface area contributed by atoms with Gasteiger partial charge in [-0.3, -0.25) is 4.79 Å². The summed E-state index contributed by atoms with van der Waals surface area (Å²) in [7, 11) is 1.53. The Morgan fingerprint density at radius 1 is 1.39 bits per heavy atom. The zero-order valence-corrected chi connectivity index (χ0v) is 11.6. The summed E-state index contributed by atoms with van der Waals surface area (Å²) >= 11 is 6.03. The average molecular weight is 289 g/mol. The van der Waals surface area contributed by atoms with E-state index in [-0.39, 0.29) is 24.0 Å². The molecule has 0 saturated heterocycles. The van der Waals surface area contributed by atoms with Crippen LogP contribution in [0.15, 0.2) is 23.0 Å². The average Bonchev–Trinajstić information content (AvgIpc) is 2.27. The van der Waals surface area contributed by atoms with Gasteiger partial charge in [0.05, 0.1) is 17.6 Å². The standard InChI is InChI=1S/C12H13ClN2O2.ClH/c1-6(14)8-3-7-4-9(13)11(17-2)5-10(7)15-12(8)16;/h3-6H,14H2,1-2H3,(H,15,16);1H. The van der Waals surface area contributed by atoms with Gasteiger partial charge < -0.3 is 15.5 Å². The largest absolute Gasteiger partial charge is 0.495 e. The van der Waals surface area contributed by atoms with E-state index in [0.29, 0.717) is 21.9 Å². The van der Waals surface area contributed by atoms with Gasteiger partial charge in [0, 0.05) is 23.1 Å². The zero-order chi connectivity index (χ0) is 12.6. The molecule has 0 fully saturated rings. The normalized spacial score (nSPS) is 12.0. The van der Waals surface area contributed by atoms with E-state index < -0.39 is 0 Å². The van der Waals surface area contributed by atoms with Crippen LogP contribution >= 0.6 is 24.0 Å². The third-order valence-electron chi connectivity index (χ3n) is 2.64. The first-order valence-electron chi connectivity index (χ1n) is 5.19. The summed E-state index contributed by atoms with van der Waals surface area (Å²) in [6.07, 6.45) is 0. The maximum atomic E-state index is 11.7. The number of H-pyrrole nitrogens is 1. The highest BCUT2D eigenvalue weighted by Gasteiger charge is 2.09. The third kappa shape index (κ3) is 2.61. The van der Waals surface area contributed by atoms with Crippen LogP contribution in [0.2, 0.25) is 5.02 Å². The van der Waals surface area contributed by atoms with Crippen LogP contribution in [0.5, 0.6) is 5.75 Å². The lowest BCUT2D eigenvalue weighted by Crippen LogP contribution is -2.19. The molecule has 0 saturated carbocycles. The molecule has 0 bridgehead atoms. The first-order valence-corrected chi connectivity index (χ1v) is 5.56. The number of hydrogen-bond acceptors (Lipinski definition) is 3. The monoisotopic (exact) mass is 288 g/mol. The van der Waals surface area contributed by atoms with Crippen LogP contribution in [0, 0.1) is 0 Å². The molecule has 18 heavy (non-hydrogen) atoms. The van der Waals surface area contributed by atoms with Gasteiger partial charge in [0.15, 0.2) is 0 Å². The molecule has 0 amide bonds. The number of pyridine rings is 1. The Labute approximate surface area is 115 Å². The van der Waals surface area contributed by atoms with E-state index in [2.05, 4.69) is 4.98 Å². The fraction of sp³-hybridized carbons (Fsp3) is 0.250. The molecule has 0 aliphatic rings. The summed E-state index contributed by atoms with van der Waals surface area (Å²) in [4.78, 5) is 14.5. The van der Waals surface area contributed by atoms with Gasteiger partial charge in [0.2, 0.25) is 0 Å². The summed E-state index contributed by atoms with van der Waals surface area (Å²) in [5, 5.41) is 1.34. The Morgan fingerprint density at radius 3 is 2.61 bits per heavy atom. The van der Waals surface area contributed by atoms with Gasteiger partial charge in [-0.25, -0.2) is 0 Å². The van der Waals surface area contributed by atoms with Crippen LogP contribution in [0.1, 0.15) is 18.5 Å². The topological polar surface area (TPSA) is 68.1 Å². The van der Waals surface area contributed by atoms with E-state index in [1.165, 1.54) is 7.11 Å². The molecule has 4 nitrogen and oxygen atoms in total. The quantitative estimate of drug-likeness (QED) is 0.893. The molecule has 1 heterocycles. The maximum Gasteiger partial charge on any atom is 0.253 e. The van der Waals surface area contributed by atoms with Crippen molar-refractivity contribution in [3.8, 4) is 5.75 Å². The molecule has 0 spiro atoms. The van der Waals surface area contributed by atoms with Crippen molar-refractivity contribution in [3.05, 3.63) is 39.1 Å². The zero-order valence-electron chi connectivity index (χ0n) is 9.99. The molecule has 1 aromatic heterocycles. The molecule has 2 rings (SSSR count). The Balaban J connectivity index is 0.00000162. The number of aromatic nitrogens is 1. The third-order valence-corrected chi connectivity index (χ3v) is 2.93. The first kappa shape index (κ1) is 14.8. The minimum atomic E-state index is -0.316. The van der Waals surface area contributed by atoms with Gasteiger partial charge in [-0.2, -0.15) is 0 Å². The molecule has 6 heteroatoms. The molecule has 1 unspecified atom stereocenters. The van der Waals surface area contributed by atoms with Gasteiger partial charge in [-0.1, -0.05) is 11.6 Å². The molecule has 3 N–H and O–H groups in total. The first-order chi connectivity index (χ1) is 8.02. The smallest absolute Gasteiger partial charge is 0.253 e. The number of ether oxygens (including phenoxy) is 1. The number of benzene rings is 1. The molecular weight excluding hydrogens is 275 g/mol. The minimum absolute atomic E-state index is 0. The lowest BCUT2D eigenvalue weighted by molar-refractivity contribution is 0.415. The van der Waals surface area contributed by atoms with Crippen LogP contribution in [0.3, 0.4) is 0 Å². The Morgan fingerprint density at radius 2 is 2.06 bits per heavy atom. The Hall–Kier alpha value is -1.23. The highest BCUT2D eigenvalue weighted by Crippen LogP contribution is 2.29. The highest BCUT2D eigenvalue weighted by atomic mass is 35.5. The van der Waals surface area contributed by atoms with Crippen molar-refractivity contribution in [2.45, 2.75) is 13.0 Å². The van der Waals surface area contributed by atoms with Crippen molar-refractivity contribution in [3.63, 3.8) is 0 Å². The van der Waals surface area contributed by atoms with E-state index in [0.717, 1.165) is 5.39 Å². The summed E-state index contributed by atoms with van der Waals surface area (Å²) in [6.45, 7) is 1.77. The number of halogens is 2. The minimum Gasteiger partial charge on any atom is -0.495 e. The predicted octanol–water partition coefficient (Wildman–Crippen LogP) is 2.63. The number of aromatic amines is 1. The lowest BCUT2D eigenvalue weighted by Gasteiger charge is -2.08. The molecule has 98 valence electrons. The number of rotatable bonds is 2. The molecule has 1 aromatic carbocycles. The maximum absolute atomic E-state index is 11.7. The van der Waals surface area contributed by atoms with Gasteiger partial charge in [0.1, 0.15) is 5.75 Å². The number of nitrogens with one attached hydrogen (secondary N) is 1. The van der Waals surface area contributed by atoms with Crippen molar-refractivity contribution in [1.29, 1.82) is 0 Å². The van der Waals surface area contributed by atoms with Crippen molar-refractivity contribution < 1.29 is 4.74 Å². The number of nitrogens with two attached hydrogens (primary N) is 1. The van der Waals surface area contributed by atoms with Gasteiger partial charge in [-0.05, 0) is 19.1 Å². The number of methoxy groups -OCH3 is 1. The predicted molar refractivity (Wildman–Crippen MR) is 76.0 cm³/mol. The fourth-order valence-corrected chi connectivity index (χ4v) is 1.97. The lowest BCUT2D eigenvalue weighted by atomic mass is 10.1. The van der Waals surface area contributed by atoms with E-state index >= 15 is 0 Å². The Kier molecular flexibility index (Phi) is 4.62. The molecule has 0 aliphatic heterocycles. The number of hydrogen-bond donors (Lipinski definition) is 2. The van der Waals surface area contributed by atoms with Crippen LogP contribution in [0.4, 0.5) is 0 Å². The van der Waals surface area contributed by atoms with Crippen LogP contribution < -0.4 is 16.0 Å². The van der Waals surface area contributed by atoms with Crippen LogP contribution in [0.25, 0.3) is 10.9 Å². The van der Waals surface area contributed by atoms with Crippen molar-refractivity contribution in [2.24, 2.45) is 5.73 Å². The molecule has 0 radical (unpaired) electrons. The molecule has 0 aliphatic carbocycles. The fourth-order valence-electron chi connectivity index (χ4n) is 1.72. The summed E-state index contributed by atoms with van der Waals surface area (Å²) < 4.78 is 5.09. The van der Waals surface area contributed by atoms with E-state index in [1.54, 1.807) is 25.1 Å². The second kappa shape index (κ2) is 5.61. The van der Waals surface area contributed by atoms with Gasteiger partial charge >= 0.3 is 0 Å². The summed E-state index contributed by atoms with van der Waals surface area (Å²) in [5.74, 6) is 0.531. The number of fused-ring (bicyclic) bond motifs is 1. The highest BCUT2D eigenvalue weighted by molar-refractivity contribution is 6.32. The molecular formula is C12H14Cl2N2O2. The van der Waals surface area contributed by atoms with Crippen molar-refractivity contribution >= 4 is 34.9 Å². The van der Waals surface area contributed by atoms with Crippen LogP contribution in [-0.2, 0) is 0 Å². The van der Waals surface area contributed by atoms with Gasteiger partial charge in [-0.15, -0.1) is 12.4 Å². The van der Waals surface area contributed by atoms with Crippen molar-refractivity contribution in [2.75, 3.05) is 7.11 Å². The van der Waals surface area contributed by atoms with Crippen LogP contribution in [-0.4, -0.2) is 12.1 Å². The Bertz CT molecular complexity index is 623. The SMILES string of the molecule is COc1cc2[nH]c(=O)c(C(C)N)cc2cc1Cl.Cl. The van der Waals surface area contributed by atoms with Gasteiger partial charge in [0.25, 0.3) is 5.56 Å². The summed E-state index contributed by atoms with van der Waals surface area (Å²) in [6, 6.07) is 4.88. The van der Waals surface area contributed by atoms with E-state index in [4.69, 9.17) is 22.1 Å². The molecule has 1 atom stereocenters. The second-order valence-electron chi connectivity index (χ2n) is 3.92.